The lowest BCUT2D eigenvalue weighted by molar-refractivity contribution is 0.216. The molecule has 0 radical (unpaired) electrons. The fourth-order valence-corrected chi connectivity index (χ4v) is 2.35. The van der Waals surface area contributed by atoms with Gasteiger partial charge in [0.15, 0.2) is 0 Å². The summed E-state index contributed by atoms with van der Waals surface area (Å²) in [5.41, 5.74) is 1.31. The van der Waals surface area contributed by atoms with Crippen LogP contribution in [0.25, 0.3) is 0 Å². The normalized spacial score (nSPS) is 20.7. The Kier molecular flexibility index (Phi) is 6.48. The van der Waals surface area contributed by atoms with Gasteiger partial charge in [-0.1, -0.05) is 6.07 Å². The first-order valence-electron chi connectivity index (χ1n) is 6.16. The Bertz CT molecular complexity index is 297. The molecule has 4 heteroatoms. The van der Waals surface area contributed by atoms with Crippen molar-refractivity contribution in [3.05, 3.63) is 30.1 Å². The van der Waals surface area contributed by atoms with Crippen molar-refractivity contribution in [2.75, 3.05) is 20.1 Å². The number of aromatic nitrogens is 1. The van der Waals surface area contributed by atoms with Gasteiger partial charge in [0.05, 0.1) is 0 Å². The van der Waals surface area contributed by atoms with E-state index in [9.17, 15) is 0 Å². The maximum atomic E-state index is 4.16. The third kappa shape index (κ3) is 4.62. The van der Waals surface area contributed by atoms with Gasteiger partial charge in [0, 0.05) is 25.0 Å². The van der Waals surface area contributed by atoms with Crippen LogP contribution in [-0.2, 0) is 6.54 Å². The first kappa shape index (κ1) is 14.4. The molecule has 1 fully saturated rings. The Labute approximate surface area is 110 Å². The number of nitrogens with zero attached hydrogens (tertiary/aromatic N) is 2. The maximum absolute atomic E-state index is 4.16. The van der Waals surface area contributed by atoms with Crippen molar-refractivity contribution in [2.45, 2.75) is 31.8 Å². The molecule has 1 N–H and O–H groups in total. The molecule has 17 heavy (non-hydrogen) atoms. The lowest BCUT2D eigenvalue weighted by atomic mass is 10.1. The Morgan fingerprint density at radius 1 is 1.41 bits per heavy atom. The second-order valence-corrected chi connectivity index (χ2v) is 4.61. The summed E-state index contributed by atoms with van der Waals surface area (Å²) in [6.07, 6.45) is 7.66. The predicted octanol–water partition coefficient (Wildman–Crippen LogP) is 2.08. The first-order valence-corrected chi connectivity index (χ1v) is 6.16. The second-order valence-electron chi connectivity index (χ2n) is 4.61. The third-order valence-electron chi connectivity index (χ3n) is 3.32. The van der Waals surface area contributed by atoms with Gasteiger partial charge >= 0.3 is 0 Å². The van der Waals surface area contributed by atoms with Gasteiger partial charge in [-0.05, 0) is 51.0 Å². The molecule has 1 atom stereocenters. The quantitative estimate of drug-likeness (QED) is 0.897. The zero-order chi connectivity index (χ0) is 11.2. The lowest BCUT2D eigenvalue weighted by Crippen LogP contribution is -2.32. The monoisotopic (exact) mass is 255 g/mol. The zero-order valence-electron chi connectivity index (χ0n) is 10.4. The lowest BCUT2D eigenvalue weighted by Gasteiger charge is -2.26. The number of pyridine rings is 1. The van der Waals surface area contributed by atoms with Gasteiger partial charge in [-0.15, -0.1) is 12.4 Å². The molecule has 2 rings (SSSR count). The van der Waals surface area contributed by atoms with Crippen LogP contribution in [0.4, 0.5) is 0 Å². The molecule has 0 bridgehead atoms. The van der Waals surface area contributed by atoms with Crippen molar-refractivity contribution in [3.63, 3.8) is 0 Å². The average molecular weight is 256 g/mol. The van der Waals surface area contributed by atoms with E-state index in [0.29, 0.717) is 0 Å². The first-order chi connectivity index (χ1) is 7.86. The maximum Gasteiger partial charge on any atom is 0.0312 e. The highest BCUT2D eigenvalue weighted by atomic mass is 35.5. The molecule has 1 aromatic rings. The molecule has 0 saturated carbocycles. The van der Waals surface area contributed by atoms with Crippen LogP contribution in [0.1, 0.15) is 24.8 Å². The van der Waals surface area contributed by atoms with Crippen LogP contribution in [0.5, 0.6) is 0 Å². The number of hydrogen-bond acceptors (Lipinski definition) is 3. The van der Waals surface area contributed by atoms with Crippen LogP contribution in [0, 0.1) is 0 Å². The largest absolute Gasteiger partial charge is 0.317 e. The smallest absolute Gasteiger partial charge is 0.0312 e. The van der Waals surface area contributed by atoms with E-state index >= 15 is 0 Å². The SMILES string of the molecule is CN(Cc1cccnc1)C1CCCNCC1.Cl. The van der Waals surface area contributed by atoms with E-state index in [2.05, 4.69) is 28.3 Å². The topological polar surface area (TPSA) is 28.2 Å². The van der Waals surface area contributed by atoms with Gasteiger partial charge in [-0.3, -0.25) is 9.88 Å². The van der Waals surface area contributed by atoms with E-state index < -0.39 is 0 Å². The average Bonchev–Trinajstić information content (AvgIpc) is 2.59. The highest BCUT2D eigenvalue weighted by Gasteiger charge is 2.16. The molecule has 3 nitrogen and oxygen atoms in total. The van der Waals surface area contributed by atoms with Crippen molar-refractivity contribution < 1.29 is 0 Å². The fourth-order valence-electron chi connectivity index (χ4n) is 2.35. The standard InChI is InChI=1S/C13H21N3.ClH/c1-16(11-12-4-2-8-15-10-12)13-5-3-7-14-9-6-13;/h2,4,8,10,13-14H,3,5-7,9,11H2,1H3;1H. The van der Waals surface area contributed by atoms with E-state index in [1.54, 1.807) is 0 Å². The van der Waals surface area contributed by atoms with E-state index in [-0.39, 0.29) is 12.4 Å². The Morgan fingerprint density at radius 3 is 3.06 bits per heavy atom. The summed E-state index contributed by atoms with van der Waals surface area (Å²) in [7, 11) is 2.23. The van der Waals surface area contributed by atoms with Gasteiger partial charge in [-0.25, -0.2) is 0 Å². The van der Waals surface area contributed by atoms with E-state index in [1.165, 1.54) is 31.4 Å². The molecule has 0 aromatic carbocycles. The molecule has 1 aliphatic heterocycles. The van der Waals surface area contributed by atoms with Gasteiger partial charge in [-0.2, -0.15) is 0 Å². The van der Waals surface area contributed by atoms with Crippen molar-refractivity contribution in [3.8, 4) is 0 Å². The van der Waals surface area contributed by atoms with Gasteiger partial charge in [0.25, 0.3) is 0 Å². The van der Waals surface area contributed by atoms with Crippen molar-refractivity contribution in [1.29, 1.82) is 0 Å². The van der Waals surface area contributed by atoms with Gasteiger partial charge < -0.3 is 5.32 Å². The van der Waals surface area contributed by atoms with Crippen molar-refractivity contribution in [2.24, 2.45) is 0 Å². The van der Waals surface area contributed by atoms with E-state index in [4.69, 9.17) is 0 Å². The molecule has 1 saturated heterocycles. The molecule has 0 amide bonds. The molecular formula is C13H22ClN3. The van der Waals surface area contributed by atoms with Crippen LogP contribution in [0.2, 0.25) is 0 Å². The summed E-state index contributed by atoms with van der Waals surface area (Å²) in [4.78, 5) is 6.62. The third-order valence-corrected chi connectivity index (χ3v) is 3.32. The van der Waals surface area contributed by atoms with Crippen LogP contribution in [0.3, 0.4) is 0 Å². The summed E-state index contributed by atoms with van der Waals surface area (Å²) in [6, 6.07) is 4.88. The molecule has 2 heterocycles. The fraction of sp³-hybridized carbons (Fsp3) is 0.615. The highest BCUT2D eigenvalue weighted by molar-refractivity contribution is 5.85. The zero-order valence-corrected chi connectivity index (χ0v) is 11.2. The molecule has 0 spiro atoms. The number of hydrogen-bond donors (Lipinski definition) is 1. The summed E-state index contributed by atoms with van der Waals surface area (Å²) in [5.74, 6) is 0. The number of halogens is 1. The number of nitrogens with one attached hydrogen (secondary N) is 1. The van der Waals surface area contributed by atoms with Gasteiger partial charge in [0.2, 0.25) is 0 Å². The van der Waals surface area contributed by atoms with Crippen molar-refractivity contribution in [1.82, 2.24) is 15.2 Å². The molecule has 0 aliphatic carbocycles. The minimum absolute atomic E-state index is 0. The molecule has 1 unspecified atom stereocenters. The summed E-state index contributed by atoms with van der Waals surface area (Å²) in [5, 5.41) is 3.46. The number of rotatable bonds is 3. The van der Waals surface area contributed by atoms with Crippen LogP contribution < -0.4 is 5.32 Å². The van der Waals surface area contributed by atoms with Crippen LogP contribution in [0.15, 0.2) is 24.5 Å². The molecule has 1 aromatic heterocycles. The highest BCUT2D eigenvalue weighted by Crippen LogP contribution is 2.14. The van der Waals surface area contributed by atoms with Crippen LogP contribution >= 0.6 is 12.4 Å². The second kappa shape index (κ2) is 7.64. The summed E-state index contributed by atoms with van der Waals surface area (Å²) in [6.45, 7) is 3.35. The molecular weight excluding hydrogens is 234 g/mol. The van der Waals surface area contributed by atoms with Crippen molar-refractivity contribution >= 4 is 12.4 Å². The van der Waals surface area contributed by atoms with Gasteiger partial charge in [0.1, 0.15) is 0 Å². The minimum atomic E-state index is 0. The Balaban J connectivity index is 0.00000144. The Morgan fingerprint density at radius 2 is 2.29 bits per heavy atom. The Hall–Kier alpha value is -0.640. The van der Waals surface area contributed by atoms with E-state index in [0.717, 1.165) is 19.1 Å². The minimum Gasteiger partial charge on any atom is -0.317 e. The molecule has 96 valence electrons. The summed E-state index contributed by atoms with van der Waals surface area (Å²) >= 11 is 0. The predicted molar refractivity (Wildman–Crippen MR) is 73.5 cm³/mol. The molecule has 1 aliphatic rings. The van der Waals surface area contributed by atoms with Crippen LogP contribution in [-0.4, -0.2) is 36.1 Å². The summed E-state index contributed by atoms with van der Waals surface area (Å²) < 4.78 is 0. The van der Waals surface area contributed by atoms with E-state index in [1.807, 2.05) is 18.5 Å².